The molecule has 0 saturated carbocycles. The van der Waals surface area contributed by atoms with Crippen molar-refractivity contribution in [2.24, 2.45) is 0 Å². The van der Waals surface area contributed by atoms with E-state index in [1.807, 2.05) is 24.4 Å². The third kappa shape index (κ3) is 1.63. The Morgan fingerprint density at radius 1 is 1.20 bits per heavy atom. The Labute approximate surface area is 116 Å². The molecule has 1 unspecified atom stereocenters. The van der Waals surface area contributed by atoms with Gasteiger partial charge < -0.3 is 9.88 Å². The van der Waals surface area contributed by atoms with Gasteiger partial charge in [-0.25, -0.2) is 0 Å². The molecular formula is C15H15N5. The average Bonchev–Trinajstić information content (AvgIpc) is 2.92. The van der Waals surface area contributed by atoms with Gasteiger partial charge in [0.15, 0.2) is 5.82 Å². The molecule has 0 fully saturated rings. The molecule has 5 nitrogen and oxygen atoms in total. The van der Waals surface area contributed by atoms with E-state index >= 15 is 0 Å². The van der Waals surface area contributed by atoms with Crippen LogP contribution in [-0.2, 0) is 6.54 Å². The second-order valence-electron chi connectivity index (χ2n) is 5.08. The Balaban J connectivity index is 1.96. The summed E-state index contributed by atoms with van der Waals surface area (Å²) in [7, 11) is 0. The van der Waals surface area contributed by atoms with Crippen LogP contribution in [-0.4, -0.2) is 26.3 Å². The molecule has 0 saturated heterocycles. The maximum absolute atomic E-state index is 4.41. The Bertz CT molecular complexity index is 772. The Hall–Kier alpha value is -2.27. The predicted molar refractivity (Wildman–Crippen MR) is 77.2 cm³/mol. The van der Waals surface area contributed by atoms with Crippen LogP contribution < -0.4 is 5.32 Å². The highest BCUT2D eigenvalue weighted by Gasteiger charge is 2.22. The highest BCUT2D eigenvalue weighted by Crippen LogP contribution is 2.28. The number of pyridine rings is 1. The van der Waals surface area contributed by atoms with E-state index in [0.29, 0.717) is 0 Å². The maximum atomic E-state index is 4.41. The second kappa shape index (κ2) is 4.38. The molecule has 20 heavy (non-hydrogen) atoms. The topological polar surface area (TPSA) is 55.6 Å². The fraction of sp³-hybridized carbons (Fsp3) is 0.267. The van der Waals surface area contributed by atoms with Crippen molar-refractivity contribution in [3.05, 3.63) is 42.4 Å². The summed E-state index contributed by atoms with van der Waals surface area (Å²) in [6.07, 6.45) is 1.82. The number of nitrogens with one attached hydrogen (secondary N) is 1. The van der Waals surface area contributed by atoms with E-state index in [4.69, 9.17) is 0 Å². The molecule has 1 aromatic carbocycles. The van der Waals surface area contributed by atoms with Gasteiger partial charge in [-0.1, -0.05) is 18.2 Å². The van der Waals surface area contributed by atoms with Gasteiger partial charge in [0.1, 0.15) is 5.82 Å². The number of aromatic nitrogens is 4. The number of fused-ring (bicyclic) bond motifs is 2. The molecule has 1 N–H and O–H groups in total. The highest BCUT2D eigenvalue weighted by molar-refractivity contribution is 5.92. The zero-order valence-electron chi connectivity index (χ0n) is 11.2. The third-order valence-electron chi connectivity index (χ3n) is 3.84. The lowest BCUT2D eigenvalue weighted by Gasteiger charge is -2.22. The molecule has 1 aliphatic heterocycles. The summed E-state index contributed by atoms with van der Waals surface area (Å²) in [4.78, 5) is 4.41. The molecule has 0 aliphatic carbocycles. The van der Waals surface area contributed by atoms with Gasteiger partial charge >= 0.3 is 0 Å². The Morgan fingerprint density at radius 3 is 3.10 bits per heavy atom. The van der Waals surface area contributed by atoms with E-state index < -0.39 is 0 Å². The first-order chi connectivity index (χ1) is 9.84. The molecule has 1 atom stereocenters. The summed E-state index contributed by atoms with van der Waals surface area (Å²) in [6, 6.07) is 10.4. The molecule has 3 heterocycles. The zero-order chi connectivity index (χ0) is 13.5. The van der Waals surface area contributed by atoms with Crippen LogP contribution in [0.3, 0.4) is 0 Å². The molecule has 0 spiro atoms. The van der Waals surface area contributed by atoms with Gasteiger partial charge in [0.05, 0.1) is 11.6 Å². The summed E-state index contributed by atoms with van der Waals surface area (Å²) >= 11 is 0. The van der Waals surface area contributed by atoms with Crippen LogP contribution >= 0.6 is 0 Å². The minimum absolute atomic E-state index is 0.248. The minimum atomic E-state index is 0.248. The third-order valence-corrected chi connectivity index (χ3v) is 3.84. The number of nitrogens with zero attached hydrogens (tertiary/aromatic N) is 4. The molecule has 2 aromatic heterocycles. The van der Waals surface area contributed by atoms with Crippen molar-refractivity contribution in [3.63, 3.8) is 0 Å². The lowest BCUT2D eigenvalue weighted by atomic mass is 10.1. The summed E-state index contributed by atoms with van der Waals surface area (Å²) in [5, 5.41) is 13.3. The molecule has 0 radical (unpaired) electrons. The fourth-order valence-electron chi connectivity index (χ4n) is 2.84. The van der Waals surface area contributed by atoms with Crippen LogP contribution in [0, 0.1) is 0 Å². The maximum Gasteiger partial charge on any atom is 0.164 e. The molecule has 0 bridgehead atoms. The standard InChI is InChI=1S/C15H15N5/c1-10-14-18-19-15(20(14)9-8-16-10)12-4-2-6-13-11(12)5-3-7-17-13/h2-7,10,16H,8-9H2,1H3. The first kappa shape index (κ1) is 11.5. The Kier molecular flexibility index (Phi) is 2.53. The quantitative estimate of drug-likeness (QED) is 0.732. The van der Waals surface area contributed by atoms with Crippen molar-refractivity contribution < 1.29 is 0 Å². The lowest BCUT2D eigenvalue weighted by molar-refractivity contribution is 0.439. The number of rotatable bonds is 1. The molecule has 1 aliphatic rings. The second-order valence-corrected chi connectivity index (χ2v) is 5.08. The summed E-state index contributed by atoms with van der Waals surface area (Å²) in [6.45, 7) is 3.97. The molecule has 4 rings (SSSR count). The fourth-order valence-corrected chi connectivity index (χ4v) is 2.84. The van der Waals surface area contributed by atoms with Gasteiger partial charge in [-0.3, -0.25) is 4.98 Å². The van der Waals surface area contributed by atoms with Crippen LogP contribution in [0.5, 0.6) is 0 Å². The first-order valence-corrected chi connectivity index (χ1v) is 6.85. The minimum Gasteiger partial charge on any atom is -0.308 e. The number of benzene rings is 1. The average molecular weight is 265 g/mol. The van der Waals surface area contributed by atoms with E-state index in [1.165, 1.54) is 0 Å². The predicted octanol–water partition coefficient (Wildman–Crippen LogP) is 2.16. The summed E-state index contributed by atoms with van der Waals surface area (Å²) in [5.74, 6) is 1.94. The van der Waals surface area contributed by atoms with Crippen LogP contribution in [0.1, 0.15) is 18.8 Å². The molecule has 5 heteroatoms. The van der Waals surface area contributed by atoms with Crippen molar-refractivity contribution in [3.8, 4) is 11.4 Å². The molecule has 100 valence electrons. The lowest BCUT2D eigenvalue weighted by Crippen LogP contribution is -2.32. The number of hydrogen-bond donors (Lipinski definition) is 1. The zero-order valence-corrected chi connectivity index (χ0v) is 11.2. The van der Waals surface area contributed by atoms with E-state index in [1.54, 1.807) is 0 Å². The van der Waals surface area contributed by atoms with Gasteiger partial charge in [0.2, 0.25) is 0 Å². The largest absolute Gasteiger partial charge is 0.308 e. The van der Waals surface area contributed by atoms with E-state index in [0.717, 1.165) is 41.2 Å². The van der Waals surface area contributed by atoms with Gasteiger partial charge in [-0.15, -0.1) is 10.2 Å². The number of hydrogen-bond acceptors (Lipinski definition) is 4. The van der Waals surface area contributed by atoms with Crippen molar-refractivity contribution in [2.75, 3.05) is 6.54 Å². The van der Waals surface area contributed by atoms with Gasteiger partial charge in [0.25, 0.3) is 0 Å². The Morgan fingerprint density at radius 2 is 2.15 bits per heavy atom. The van der Waals surface area contributed by atoms with Crippen molar-refractivity contribution >= 4 is 10.9 Å². The molecule has 3 aromatic rings. The monoisotopic (exact) mass is 265 g/mol. The normalized spacial score (nSPS) is 18.1. The molecular weight excluding hydrogens is 250 g/mol. The van der Waals surface area contributed by atoms with Gasteiger partial charge in [-0.05, 0) is 19.1 Å². The van der Waals surface area contributed by atoms with Gasteiger partial charge in [0, 0.05) is 30.2 Å². The smallest absolute Gasteiger partial charge is 0.164 e. The van der Waals surface area contributed by atoms with Crippen LogP contribution in [0.4, 0.5) is 0 Å². The molecule has 0 amide bonds. The highest BCUT2D eigenvalue weighted by atomic mass is 15.3. The summed E-state index contributed by atoms with van der Waals surface area (Å²) < 4.78 is 2.21. The first-order valence-electron chi connectivity index (χ1n) is 6.85. The van der Waals surface area contributed by atoms with Crippen LogP contribution in [0.2, 0.25) is 0 Å². The van der Waals surface area contributed by atoms with Crippen molar-refractivity contribution in [2.45, 2.75) is 19.5 Å². The van der Waals surface area contributed by atoms with E-state index in [2.05, 4.69) is 44.1 Å². The van der Waals surface area contributed by atoms with Gasteiger partial charge in [-0.2, -0.15) is 0 Å². The SMILES string of the molecule is CC1NCCn2c(-c3cccc4ncccc34)nnc21. The van der Waals surface area contributed by atoms with Crippen molar-refractivity contribution in [1.29, 1.82) is 0 Å². The van der Waals surface area contributed by atoms with Crippen LogP contribution in [0.25, 0.3) is 22.3 Å². The van der Waals surface area contributed by atoms with E-state index in [9.17, 15) is 0 Å². The van der Waals surface area contributed by atoms with Crippen LogP contribution in [0.15, 0.2) is 36.5 Å². The summed E-state index contributed by atoms with van der Waals surface area (Å²) in [5.41, 5.74) is 2.09. The van der Waals surface area contributed by atoms with Crippen molar-refractivity contribution in [1.82, 2.24) is 25.1 Å². The van der Waals surface area contributed by atoms with E-state index in [-0.39, 0.29) is 6.04 Å².